The number of hydrogen-bond acceptors (Lipinski definition) is 6. The van der Waals surface area contributed by atoms with Crippen molar-refractivity contribution in [2.45, 2.75) is 0 Å². The largest absolute Gasteiger partial charge is 0.493 e. The summed E-state index contributed by atoms with van der Waals surface area (Å²) in [6.07, 6.45) is 1.49. The fourth-order valence-corrected chi connectivity index (χ4v) is 2.97. The number of rotatable bonds is 6. The van der Waals surface area contributed by atoms with E-state index >= 15 is 0 Å². The molecule has 1 amide bonds. The lowest BCUT2D eigenvalue weighted by Gasteiger charge is -2.33. The molecule has 0 N–H and O–H groups in total. The number of nitrogens with zero attached hydrogens (tertiary/aromatic N) is 2. The first kappa shape index (κ1) is 18.0. The minimum atomic E-state index is -0.110. The molecule has 26 heavy (non-hydrogen) atoms. The van der Waals surface area contributed by atoms with Crippen LogP contribution in [0.15, 0.2) is 41.0 Å². The monoisotopic (exact) mass is 358 g/mol. The van der Waals surface area contributed by atoms with Crippen LogP contribution in [0.25, 0.3) is 0 Å². The zero-order chi connectivity index (χ0) is 18.5. The van der Waals surface area contributed by atoms with Gasteiger partial charge in [-0.3, -0.25) is 14.5 Å². The zero-order valence-electron chi connectivity index (χ0n) is 14.9. The van der Waals surface area contributed by atoms with Gasteiger partial charge in [0, 0.05) is 31.7 Å². The van der Waals surface area contributed by atoms with Crippen LogP contribution in [0.5, 0.6) is 11.5 Å². The standard InChI is InChI=1S/C19H22N2O5/c1-24-16-6-5-14(12-18(16)25-2)15(22)13-20-7-9-21(10-8-20)19(23)17-4-3-11-26-17/h3-6,11-12H,7-10,13H2,1-2H3. The van der Waals surface area contributed by atoms with Crippen LogP contribution >= 0.6 is 0 Å². The van der Waals surface area contributed by atoms with Gasteiger partial charge in [0.25, 0.3) is 5.91 Å². The van der Waals surface area contributed by atoms with Crippen LogP contribution in [-0.4, -0.2) is 68.4 Å². The Morgan fingerprint density at radius 2 is 1.77 bits per heavy atom. The van der Waals surface area contributed by atoms with E-state index in [0.717, 1.165) is 0 Å². The summed E-state index contributed by atoms with van der Waals surface area (Å²) in [6.45, 7) is 2.73. The predicted octanol–water partition coefficient (Wildman–Crippen LogP) is 1.94. The van der Waals surface area contributed by atoms with E-state index in [1.54, 1.807) is 49.5 Å². The van der Waals surface area contributed by atoms with E-state index in [1.807, 2.05) is 4.90 Å². The van der Waals surface area contributed by atoms with Crippen LogP contribution in [0.1, 0.15) is 20.9 Å². The number of ether oxygens (including phenoxy) is 2. The van der Waals surface area contributed by atoms with Crippen molar-refractivity contribution in [2.75, 3.05) is 46.9 Å². The maximum Gasteiger partial charge on any atom is 0.289 e. The first-order valence-corrected chi connectivity index (χ1v) is 8.42. The molecule has 0 bridgehead atoms. The Morgan fingerprint density at radius 1 is 1.04 bits per heavy atom. The van der Waals surface area contributed by atoms with Gasteiger partial charge in [0.1, 0.15) is 0 Å². The number of hydrogen-bond donors (Lipinski definition) is 0. The Hall–Kier alpha value is -2.80. The first-order valence-electron chi connectivity index (χ1n) is 8.42. The van der Waals surface area contributed by atoms with Crippen LogP contribution in [0, 0.1) is 0 Å². The molecular formula is C19H22N2O5. The minimum absolute atomic E-state index is 0.0109. The van der Waals surface area contributed by atoms with Gasteiger partial charge in [0.2, 0.25) is 0 Å². The summed E-state index contributed by atoms with van der Waals surface area (Å²) in [4.78, 5) is 28.6. The molecule has 138 valence electrons. The van der Waals surface area contributed by atoms with Crippen LogP contribution in [0.2, 0.25) is 0 Å². The smallest absolute Gasteiger partial charge is 0.289 e. The van der Waals surface area contributed by atoms with Crippen molar-refractivity contribution in [1.82, 2.24) is 9.80 Å². The molecule has 1 aliphatic rings. The number of Topliss-reactive ketones (excluding diaryl/α,β-unsaturated/α-hetero) is 1. The second-order valence-electron chi connectivity index (χ2n) is 6.04. The highest BCUT2D eigenvalue weighted by molar-refractivity contribution is 5.98. The van der Waals surface area contributed by atoms with Crippen molar-refractivity contribution in [3.63, 3.8) is 0 Å². The molecule has 0 saturated carbocycles. The number of carbonyl (C=O) groups is 2. The Kier molecular flexibility index (Phi) is 5.58. The topological polar surface area (TPSA) is 72.2 Å². The van der Waals surface area contributed by atoms with Crippen molar-refractivity contribution in [3.8, 4) is 11.5 Å². The van der Waals surface area contributed by atoms with Gasteiger partial charge in [-0.25, -0.2) is 0 Å². The molecule has 1 fully saturated rings. The third-order valence-electron chi connectivity index (χ3n) is 4.46. The number of benzene rings is 1. The van der Waals surface area contributed by atoms with Crippen LogP contribution in [0.4, 0.5) is 0 Å². The lowest BCUT2D eigenvalue weighted by atomic mass is 10.1. The van der Waals surface area contributed by atoms with Crippen molar-refractivity contribution >= 4 is 11.7 Å². The molecule has 0 atom stereocenters. The highest BCUT2D eigenvalue weighted by atomic mass is 16.5. The van der Waals surface area contributed by atoms with E-state index in [9.17, 15) is 9.59 Å². The van der Waals surface area contributed by atoms with Gasteiger partial charge in [0.05, 0.1) is 27.0 Å². The molecule has 3 rings (SSSR count). The van der Waals surface area contributed by atoms with E-state index < -0.39 is 0 Å². The molecule has 2 heterocycles. The lowest BCUT2D eigenvalue weighted by Crippen LogP contribution is -2.49. The van der Waals surface area contributed by atoms with Gasteiger partial charge in [0.15, 0.2) is 23.0 Å². The van der Waals surface area contributed by atoms with Crippen molar-refractivity contribution < 1.29 is 23.5 Å². The number of piperazine rings is 1. The fourth-order valence-electron chi connectivity index (χ4n) is 2.97. The average molecular weight is 358 g/mol. The van der Waals surface area contributed by atoms with Gasteiger partial charge in [-0.05, 0) is 30.3 Å². The minimum Gasteiger partial charge on any atom is -0.493 e. The molecule has 1 aliphatic heterocycles. The molecule has 0 spiro atoms. The second kappa shape index (κ2) is 8.05. The lowest BCUT2D eigenvalue weighted by molar-refractivity contribution is 0.0596. The summed E-state index contributed by atoms with van der Waals surface area (Å²) in [5.74, 6) is 1.37. The van der Waals surface area contributed by atoms with E-state index in [-0.39, 0.29) is 11.7 Å². The Bertz CT molecular complexity index is 764. The van der Waals surface area contributed by atoms with Gasteiger partial charge in [-0.15, -0.1) is 0 Å². The summed E-state index contributed by atoms with van der Waals surface area (Å²) in [7, 11) is 3.10. The normalized spacial score (nSPS) is 14.9. The molecule has 1 aromatic heterocycles. The van der Waals surface area contributed by atoms with Gasteiger partial charge >= 0.3 is 0 Å². The molecular weight excluding hydrogens is 336 g/mol. The summed E-state index contributed by atoms with van der Waals surface area (Å²) in [6, 6.07) is 8.52. The summed E-state index contributed by atoms with van der Waals surface area (Å²) in [5.41, 5.74) is 0.580. The molecule has 0 radical (unpaired) electrons. The van der Waals surface area contributed by atoms with Crippen molar-refractivity contribution in [3.05, 3.63) is 47.9 Å². The average Bonchev–Trinajstić information content (AvgIpc) is 3.22. The molecule has 0 aliphatic carbocycles. The van der Waals surface area contributed by atoms with Gasteiger partial charge < -0.3 is 18.8 Å². The molecule has 7 nitrogen and oxygen atoms in total. The Balaban J connectivity index is 1.56. The highest BCUT2D eigenvalue weighted by Crippen LogP contribution is 2.27. The van der Waals surface area contributed by atoms with Gasteiger partial charge in [-0.1, -0.05) is 0 Å². The number of amides is 1. The quantitative estimate of drug-likeness (QED) is 0.735. The van der Waals surface area contributed by atoms with Crippen LogP contribution in [-0.2, 0) is 0 Å². The molecule has 1 saturated heterocycles. The summed E-state index contributed by atoms with van der Waals surface area (Å²) < 4.78 is 15.6. The van der Waals surface area contributed by atoms with E-state index in [1.165, 1.54) is 6.26 Å². The Morgan fingerprint density at radius 3 is 2.38 bits per heavy atom. The number of furan rings is 1. The highest BCUT2D eigenvalue weighted by Gasteiger charge is 2.25. The summed E-state index contributed by atoms with van der Waals surface area (Å²) >= 11 is 0. The predicted molar refractivity (Wildman–Crippen MR) is 94.9 cm³/mol. The number of methoxy groups -OCH3 is 2. The maximum atomic E-state index is 12.5. The Labute approximate surface area is 152 Å². The van der Waals surface area contributed by atoms with E-state index in [2.05, 4.69) is 0 Å². The SMILES string of the molecule is COc1ccc(C(=O)CN2CCN(C(=O)c3ccco3)CC2)cc1OC. The molecule has 7 heteroatoms. The van der Waals surface area contributed by atoms with Crippen LogP contribution in [0.3, 0.4) is 0 Å². The third kappa shape index (κ3) is 3.88. The maximum absolute atomic E-state index is 12.5. The molecule has 2 aromatic rings. The molecule has 1 aromatic carbocycles. The van der Waals surface area contributed by atoms with Gasteiger partial charge in [-0.2, -0.15) is 0 Å². The van der Waals surface area contributed by atoms with Crippen LogP contribution < -0.4 is 9.47 Å². The second-order valence-corrected chi connectivity index (χ2v) is 6.04. The number of ketones is 1. The van der Waals surface area contributed by atoms with Crippen molar-refractivity contribution in [1.29, 1.82) is 0 Å². The zero-order valence-corrected chi connectivity index (χ0v) is 14.9. The first-order chi connectivity index (χ1) is 12.6. The van der Waals surface area contributed by atoms with E-state index in [0.29, 0.717) is 55.5 Å². The number of carbonyl (C=O) groups excluding carboxylic acids is 2. The van der Waals surface area contributed by atoms with Crippen molar-refractivity contribution in [2.24, 2.45) is 0 Å². The van der Waals surface area contributed by atoms with E-state index in [4.69, 9.17) is 13.9 Å². The summed E-state index contributed by atoms with van der Waals surface area (Å²) in [5, 5.41) is 0. The fraction of sp³-hybridized carbons (Fsp3) is 0.368. The third-order valence-corrected chi connectivity index (χ3v) is 4.46. The molecule has 0 unspecified atom stereocenters.